The quantitative estimate of drug-likeness (QED) is 0.0428. The number of ether oxygens (including phenoxy) is 10. The van der Waals surface area contributed by atoms with Crippen LogP contribution in [0, 0.1) is 80.8 Å². The van der Waals surface area contributed by atoms with Gasteiger partial charge in [-0.1, -0.05) is 47.6 Å². The van der Waals surface area contributed by atoms with E-state index in [-0.39, 0.29) is 111 Å². The van der Waals surface area contributed by atoms with Crippen molar-refractivity contribution in [2.24, 2.45) is 80.8 Å². The zero-order chi connectivity index (χ0) is 86.5. The van der Waals surface area contributed by atoms with Gasteiger partial charge in [-0.05, 0) is 323 Å². The number of benzene rings is 3. The highest BCUT2D eigenvalue weighted by Gasteiger charge is 2.70. The Balaban J connectivity index is 0.000000155. The minimum atomic E-state index is -1.17. The van der Waals surface area contributed by atoms with Crippen LogP contribution >= 0.6 is 0 Å². The third kappa shape index (κ3) is 19.5. The van der Waals surface area contributed by atoms with Gasteiger partial charge in [-0.3, -0.25) is 19.2 Å². The van der Waals surface area contributed by atoms with Crippen LogP contribution < -0.4 is 0 Å². The third-order valence-corrected chi connectivity index (χ3v) is 30.2. The number of aliphatic hydroxyl groups is 1. The van der Waals surface area contributed by atoms with Gasteiger partial charge in [0, 0.05) is 38.5 Å². The lowest BCUT2D eigenvalue weighted by molar-refractivity contribution is -0.276. The molecular weight excluding hydrogens is 1530 g/mol. The standard InChI is InChI=1S/C34H38O12.C25H32O8.2C18H30O2/c1-4-31(2,3)30(41)46-34-15-21-13-32(19-34,44-26(37)16-42-28(39)22-5-9-24(35)10-6-22)18-33(14-21,20-34)45-27(38)17-43-29(40)23-7-11-25(36)12-8-23;1-4-22(2,3)21(29)33-25-11-16-9-23(30,14-25)13-24(10-16,15-25)32-19(27)12-31-20(28)17-6-5-7-18(26)8-17;2*1-5-17(3,4)16(19)20-18(6-2)14-8-12-7-13(10-14)11-15(18)9-12/h5-12,21,35-36H,4,13-20H2,1-3H3;5-8,16,26,30H,4,9-15H2,1-3H3;2*12-15H,5-11H2,1-4H3. The van der Waals surface area contributed by atoms with E-state index in [4.69, 9.17) is 47.4 Å². The molecule has 16 fully saturated rings. The highest BCUT2D eigenvalue weighted by atomic mass is 16.6. The van der Waals surface area contributed by atoms with E-state index in [0.717, 1.165) is 49.4 Å². The lowest BCUT2D eigenvalue weighted by Gasteiger charge is -2.63. The zero-order valence-electron chi connectivity index (χ0n) is 72.6. The normalized spacial score (nSPS) is 33.4. The summed E-state index contributed by atoms with van der Waals surface area (Å²) >= 11 is 0. The summed E-state index contributed by atoms with van der Waals surface area (Å²) in [6.45, 7) is 25.8. The molecule has 16 saturated carbocycles. The van der Waals surface area contributed by atoms with Gasteiger partial charge < -0.3 is 67.8 Å². The van der Waals surface area contributed by atoms with Gasteiger partial charge in [-0.15, -0.1) is 0 Å². The number of esters is 10. The van der Waals surface area contributed by atoms with Crippen molar-refractivity contribution in [3.8, 4) is 17.2 Å². The van der Waals surface area contributed by atoms with Crippen LogP contribution in [0.5, 0.6) is 17.2 Å². The second-order valence-corrected chi connectivity index (χ2v) is 40.7. The maximum absolute atomic E-state index is 13.3. The molecule has 0 aliphatic heterocycles. The summed E-state index contributed by atoms with van der Waals surface area (Å²) < 4.78 is 58.0. The van der Waals surface area contributed by atoms with Gasteiger partial charge in [0.15, 0.2) is 19.8 Å². The summed E-state index contributed by atoms with van der Waals surface area (Å²) in [4.78, 5) is 127. The van der Waals surface area contributed by atoms with Crippen molar-refractivity contribution in [3.63, 3.8) is 0 Å². The molecule has 0 radical (unpaired) electrons. The first kappa shape index (κ1) is 90.0. The lowest BCUT2D eigenvalue weighted by Crippen LogP contribution is -2.69. The van der Waals surface area contributed by atoms with Crippen LogP contribution in [0.3, 0.4) is 0 Å². The fourth-order valence-electron chi connectivity index (χ4n) is 23.7. The summed E-state index contributed by atoms with van der Waals surface area (Å²) in [6.07, 6.45) is 22.9. The molecule has 16 aliphatic rings. The molecule has 654 valence electrons. The zero-order valence-corrected chi connectivity index (χ0v) is 72.6. The van der Waals surface area contributed by atoms with Crippen molar-refractivity contribution in [2.45, 2.75) is 322 Å². The fraction of sp³-hybridized carbons (Fsp3) is 0.705. The minimum absolute atomic E-state index is 0.0279. The molecule has 4 N–H and O–H groups in total. The number of phenolic OH excluding ortho intramolecular Hbond substituents is 3. The number of hydrogen-bond donors (Lipinski definition) is 4. The van der Waals surface area contributed by atoms with E-state index in [1.165, 1.54) is 137 Å². The third-order valence-electron chi connectivity index (χ3n) is 30.2. The van der Waals surface area contributed by atoms with E-state index in [1.807, 2.05) is 55.4 Å². The Morgan fingerprint density at radius 3 is 0.899 bits per heavy atom. The molecule has 3 aromatic carbocycles. The Labute approximate surface area is 701 Å². The Morgan fingerprint density at radius 2 is 0.605 bits per heavy atom. The van der Waals surface area contributed by atoms with E-state index < -0.39 is 106 Å². The molecule has 24 nitrogen and oxygen atoms in total. The summed E-state index contributed by atoms with van der Waals surface area (Å²) in [5.74, 6) is 0.789. The molecule has 0 spiro atoms. The molecule has 0 aromatic heterocycles. The van der Waals surface area contributed by atoms with Crippen LogP contribution in [-0.4, -0.2) is 145 Å². The van der Waals surface area contributed by atoms with Crippen LogP contribution in [0.4, 0.5) is 0 Å². The first-order valence-electron chi connectivity index (χ1n) is 44.0. The molecular formula is C95H130O24. The first-order chi connectivity index (χ1) is 55.8. The van der Waals surface area contributed by atoms with Gasteiger partial charge in [0.25, 0.3) is 0 Å². The van der Waals surface area contributed by atoms with Crippen molar-refractivity contribution in [1.82, 2.24) is 0 Å². The first-order valence-corrected chi connectivity index (χ1v) is 44.0. The van der Waals surface area contributed by atoms with Gasteiger partial charge in [0.05, 0.1) is 44.0 Å². The number of rotatable bonds is 26. The van der Waals surface area contributed by atoms with Gasteiger partial charge in [0.2, 0.25) is 0 Å². The Bertz CT molecular complexity index is 4040. The SMILES string of the molecule is CCC(C)(C)C(=O)OC1(CC)C2CC3CC(C2)CC1C3.CCC(C)(C)C(=O)OC1(CC)C2CC3CC(C2)CC1C3.CCC(C)(C)C(=O)OC12CC3CC(O)(CC(OC(=O)COC(=O)c4cccc(O)c4)(C3)C1)C2.CCC(C)(C)C(=O)OC12CC3CC(OC(=O)COC(=O)c4ccc(O)cc4)(CC(OC(=O)COC(=O)c4ccc(O)cc4)(C3)C1)C2. The van der Waals surface area contributed by atoms with Crippen LogP contribution in [0.25, 0.3) is 0 Å². The second kappa shape index (κ2) is 34.2. The molecule has 3 aromatic rings. The molecule has 16 aliphatic carbocycles. The summed E-state index contributed by atoms with van der Waals surface area (Å²) in [5, 5.41) is 39.6. The molecule has 6 unspecified atom stereocenters. The summed E-state index contributed by atoms with van der Waals surface area (Å²) in [6, 6.07) is 16.4. The molecule has 0 amide bonds. The highest BCUT2D eigenvalue weighted by Crippen LogP contribution is 2.67. The number of aromatic hydroxyl groups is 3. The van der Waals surface area contributed by atoms with Crippen molar-refractivity contribution >= 4 is 59.7 Å². The van der Waals surface area contributed by atoms with E-state index in [1.54, 1.807) is 13.8 Å². The average molecular weight is 1660 g/mol. The highest BCUT2D eigenvalue weighted by molar-refractivity contribution is 5.92. The molecule has 6 atom stereocenters. The maximum Gasteiger partial charge on any atom is 0.344 e. The van der Waals surface area contributed by atoms with Crippen LogP contribution in [0.15, 0.2) is 72.8 Å². The Kier molecular flexibility index (Phi) is 25.9. The van der Waals surface area contributed by atoms with E-state index in [9.17, 15) is 68.4 Å². The monoisotopic (exact) mass is 1650 g/mol. The summed E-state index contributed by atoms with van der Waals surface area (Å²) in [5.41, 5.74) is -8.24. The Morgan fingerprint density at radius 1 is 0.328 bits per heavy atom. The Hall–Kier alpha value is -8.28. The van der Waals surface area contributed by atoms with Crippen LogP contribution in [0.2, 0.25) is 0 Å². The predicted octanol–water partition coefficient (Wildman–Crippen LogP) is 16.8. The van der Waals surface area contributed by atoms with Gasteiger partial charge in [-0.2, -0.15) is 0 Å². The second-order valence-electron chi connectivity index (χ2n) is 40.7. The van der Waals surface area contributed by atoms with E-state index in [2.05, 4.69) is 27.7 Å². The van der Waals surface area contributed by atoms with Crippen LogP contribution in [0.1, 0.15) is 308 Å². The number of hydrogen-bond acceptors (Lipinski definition) is 24. The predicted molar refractivity (Wildman–Crippen MR) is 435 cm³/mol. The minimum Gasteiger partial charge on any atom is -0.508 e. The topological polar surface area (TPSA) is 344 Å². The molecule has 16 bridgehead atoms. The van der Waals surface area contributed by atoms with Crippen molar-refractivity contribution < 1.29 is 116 Å². The maximum atomic E-state index is 13.3. The van der Waals surface area contributed by atoms with Gasteiger partial charge in [0.1, 0.15) is 56.5 Å². The van der Waals surface area contributed by atoms with Crippen molar-refractivity contribution in [1.29, 1.82) is 0 Å². The molecule has 119 heavy (non-hydrogen) atoms. The molecule has 0 saturated heterocycles. The van der Waals surface area contributed by atoms with Gasteiger partial charge >= 0.3 is 59.7 Å². The molecule has 0 heterocycles. The van der Waals surface area contributed by atoms with Crippen molar-refractivity contribution in [2.75, 3.05) is 19.8 Å². The van der Waals surface area contributed by atoms with E-state index >= 15 is 0 Å². The largest absolute Gasteiger partial charge is 0.508 e. The smallest absolute Gasteiger partial charge is 0.344 e. The summed E-state index contributed by atoms with van der Waals surface area (Å²) in [7, 11) is 0. The van der Waals surface area contributed by atoms with Crippen molar-refractivity contribution in [3.05, 3.63) is 89.5 Å². The average Bonchev–Trinajstić information content (AvgIpc) is 0.698. The number of carbonyl (C=O) groups excluding carboxylic acids is 10. The molecule has 24 heteroatoms. The van der Waals surface area contributed by atoms with Gasteiger partial charge in [-0.25, -0.2) is 28.8 Å². The number of phenols is 3. The lowest BCUT2D eigenvalue weighted by atomic mass is 9.49. The van der Waals surface area contributed by atoms with Crippen LogP contribution in [-0.2, 0) is 80.9 Å². The molecule has 19 rings (SSSR count). The number of carbonyl (C=O) groups is 10. The van der Waals surface area contributed by atoms with E-state index in [0.29, 0.717) is 87.9 Å². The fourth-order valence-corrected chi connectivity index (χ4v) is 23.7.